The first-order valence-electron chi connectivity index (χ1n) is 11.0. The fraction of sp³-hybridized carbons (Fsp3) is 0.200. The van der Waals surface area contributed by atoms with Gasteiger partial charge in [-0.05, 0) is 25.1 Å². The number of aromatic nitrogens is 2. The van der Waals surface area contributed by atoms with Gasteiger partial charge in [-0.1, -0.05) is 53.4 Å². The molecule has 0 atom stereocenters. The monoisotopic (exact) mass is 542 g/mol. The fourth-order valence-corrected chi connectivity index (χ4v) is 7.91. The number of hydrogen-bond acceptors (Lipinski definition) is 7. The van der Waals surface area contributed by atoms with Crippen LogP contribution in [0.4, 0.5) is 5.69 Å². The van der Waals surface area contributed by atoms with Gasteiger partial charge in [0.1, 0.15) is 14.2 Å². The van der Waals surface area contributed by atoms with Crippen LogP contribution in [0.3, 0.4) is 0 Å². The lowest BCUT2D eigenvalue weighted by Crippen LogP contribution is -2.36. The number of nitrogens with zero attached hydrogens (tertiary/aromatic N) is 3. The van der Waals surface area contributed by atoms with Crippen LogP contribution in [0.15, 0.2) is 74.7 Å². The Morgan fingerprint density at radius 3 is 2.60 bits per heavy atom. The van der Waals surface area contributed by atoms with E-state index < -0.39 is 9.84 Å². The highest BCUT2D eigenvalue weighted by Crippen LogP contribution is 2.46. The van der Waals surface area contributed by atoms with Gasteiger partial charge in [0.2, 0.25) is 0 Å². The zero-order chi connectivity index (χ0) is 24.7. The predicted molar refractivity (Wildman–Crippen MR) is 144 cm³/mol. The molecule has 4 aromatic rings. The van der Waals surface area contributed by atoms with Gasteiger partial charge in [-0.3, -0.25) is 9.36 Å². The molecule has 2 aromatic carbocycles. The number of benzene rings is 2. The highest BCUT2D eigenvalue weighted by atomic mass is 32.2. The summed E-state index contributed by atoms with van der Waals surface area (Å²) in [5.74, 6) is 0. The summed E-state index contributed by atoms with van der Waals surface area (Å²) in [6.07, 6.45) is 5.36. The summed E-state index contributed by atoms with van der Waals surface area (Å²) in [5.41, 5.74) is 1.99. The van der Waals surface area contributed by atoms with Crippen molar-refractivity contribution in [1.29, 1.82) is 0 Å². The Balaban J connectivity index is 1.60. The number of hydrogen-bond donors (Lipinski definition) is 0. The minimum Gasteiger partial charge on any atom is -0.337 e. The second-order valence-electron chi connectivity index (χ2n) is 8.19. The maximum absolute atomic E-state index is 13.4. The summed E-state index contributed by atoms with van der Waals surface area (Å²) in [5, 5.41) is 3.96. The zero-order valence-electron chi connectivity index (χ0n) is 19.5. The van der Waals surface area contributed by atoms with Gasteiger partial charge in [0.25, 0.3) is 10.6 Å². The van der Waals surface area contributed by atoms with Gasteiger partial charge in [-0.15, -0.1) is 11.3 Å². The van der Waals surface area contributed by atoms with Crippen molar-refractivity contribution in [3.8, 4) is 0 Å². The molecule has 35 heavy (non-hydrogen) atoms. The number of thiazole rings is 2. The summed E-state index contributed by atoms with van der Waals surface area (Å²) in [6.45, 7) is 3.31. The molecule has 0 unspecified atom stereocenters. The first-order chi connectivity index (χ1) is 16.8. The first kappa shape index (κ1) is 24.1. The van der Waals surface area contributed by atoms with Gasteiger partial charge in [0, 0.05) is 30.3 Å². The minimum absolute atomic E-state index is 0.0274. The van der Waals surface area contributed by atoms with E-state index in [0.717, 1.165) is 31.8 Å². The van der Waals surface area contributed by atoms with Crippen LogP contribution in [0.5, 0.6) is 0 Å². The normalized spacial score (nSPS) is 15.6. The highest BCUT2D eigenvalue weighted by molar-refractivity contribution is 8.08. The summed E-state index contributed by atoms with van der Waals surface area (Å²) in [4.78, 5) is 16.6. The average molecular weight is 543 g/mol. The van der Waals surface area contributed by atoms with Crippen molar-refractivity contribution < 1.29 is 13.0 Å². The molecule has 2 aromatic heterocycles. The predicted octanol–water partition coefficient (Wildman–Crippen LogP) is 2.87. The smallest absolute Gasteiger partial charge is 0.271 e. The van der Waals surface area contributed by atoms with Crippen molar-refractivity contribution in [2.75, 3.05) is 18.2 Å². The molecule has 0 amide bonds. The topological polar surface area (TPSA) is 63.3 Å². The third-order valence-electron chi connectivity index (χ3n) is 5.81. The second kappa shape index (κ2) is 9.42. The molecular formula is C25H24N3O3S4+. The molecule has 0 radical (unpaired) electrons. The van der Waals surface area contributed by atoms with Crippen molar-refractivity contribution in [3.05, 3.63) is 90.2 Å². The van der Waals surface area contributed by atoms with Gasteiger partial charge >= 0.3 is 0 Å². The van der Waals surface area contributed by atoms with Crippen molar-refractivity contribution in [1.82, 2.24) is 4.57 Å². The number of fused-ring (bicyclic) bond motifs is 1. The molecular weight excluding hydrogens is 519 g/mol. The van der Waals surface area contributed by atoms with Crippen LogP contribution in [0, 0.1) is 0 Å². The Hall–Kier alpha value is -2.66. The van der Waals surface area contributed by atoms with E-state index in [9.17, 15) is 13.2 Å². The van der Waals surface area contributed by atoms with Gasteiger partial charge in [-0.25, -0.2) is 8.42 Å². The molecule has 0 fully saturated rings. The maximum atomic E-state index is 13.4. The lowest BCUT2D eigenvalue weighted by molar-refractivity contribution is -0.685. The van der Waals surface area contributed by atoms with Crippen LogP contribution in [0.25, 0.3) is 11.1 Å². The molecule has 0 N–H and O–H groups in total. The molecule has 0 bridgehead atoms. The molecule has 0 saturated carbocycles. The standard InChI is InChI=1S/C25H24N3O3S4/c1-4-28-22(15-21-27(12-13-32-21)16-17-8-6-5-7-9-17)34-23(24(28)29)25-26(2)19-14-18(35(3,30)31)10-11-20(19)33-25/h5-15H,4,16H2,1-3H3/q+1. The molecule has 0 saturated heterocycles. The minimum atomic E-state index is -3.32. The fourth-order valence-electron chi connectivity index (χ4n) is 3.97. The summed E-state index contributed by atoms with van der Waals surface area (Å²) in [7, 11) is -1.43. The first-order valence-corrected chi connectivity index (χ1v) is 15.4. The van der Waals surface area contributed by atoms with Crippen LogP contribution in [-0.2, 0) is 22.9 Å². The van der Waals surface area contributed by atoms with Crippen LogP contribution in [0.2, 0.25) is 0 Å². The average Bonchev–Trinajstić information content (AvgIpc) is 3.50. The molecule has 0 spiro atoms. The third-order valence-corrected chi connectivity index (χ3v) is 10.3. The maximum Gasteiger partial charge on any atom is 0.271 e. The van der Waals surface area contributed by atoms with E-state index in [0.29, 0.717) is 11.1 Å². The largest absolute Gasteiger partial charge is 0.337 e. The van der Waals surface area contributed by atoms with Crippen LogP contribution < -0.4 is 24.2 Å². The number of sulfone groups is 1. The van der Waals surface area contributed by atoms with Crippen molar-refractivity contribution >= 4 is 61.1 Å². The Kier molecular flexibility index (Phi) is 6.47. The summed E-state index contributed by atoms with van der Waals surface area (Å²) in [6, 6.07) is 15.4. The van der Waals surface area contributed by atoms with E-state index in [-0.39, 0.29) is 10.5 Å². The molecule has 10 heteroatoms. The lowest BCUT2D eigenvalue weighted by atomic mass is 10.2. The molecule has 3 heterocycles. The molecule has 1 aliphatic heterocycles. The second-order valence-corrected chi connectivity index (χ2v) is 13.2. The van der Waals surface area contributed by atoms with E-state index in [4.69, 9.17) is 0 Å². The summed E-state index contributed by atoms with van der Waals surface area (Å²) >= 11 is 4.62. The highest BCUT2D eigenvalue weighted by Gasteiger charge is 2.26. The molecule has 0 aliphatic carbocycles. The van der Waals surface area contributed by atoms with Crippen molar-refractivity contribution in [2.24, 2.45) is 0 Å². The van der Waals surface area contributed by atoms with Gasteiger partial charge in [0.15, 0.2) is 22.6 Å². The van der Waals surface area contributed by atoms with Crippen LogP contribution in [0.1, 0.15) is 17.5 Å². The van der Waals surface area contributed by atoms with Crippen LogP contribution in [-0.4, -0.2) is 26.3 Å². The third kappa shape index (κ3) is 4.63. The van der Waals surface area contributed by atoms with E-state index in [2.05, 4.69) is 34.4 Å². The molecule has 5 rings (SSSR count). The van der Waals surface area contributed by atoms with Gasteiger partial charge < -0.3 is 4.90 Å². The molecule has 1 aliphatic rings. The number of thioether (sulfide) groups is 1. The van der Waals surface area contributed by atoms with E-state index in [1.165, 1.54) is 34.9 Å². The Morgan fingerprint density at radius 1 is 1.11 bits per heavy atom. The summed E-state index contributed by atoms with van der Waals surface area (Å²) < 4.78 is 29.6. The number of rotatable bonds is 5. The SMILES string of the molecule is CCn1c(=Cc2scc[n+]2Cc2ccccc2)sc(=C2Sc3ccc(S(C)(=O)=O)cc3N2C)c1=O. The zero-order valence-corrected chi connectivity index (χ0v) is 22.7. The Morgan fingerprint density at radius 2 is 1.89 bits per heavy atom. The van der Waals surface area contributed by atoms with E-state index in [1.54, 1.807) is 28.0 Å². The molecule has 180 valence electrons. The van der Waals surface area contributed by atoms with Gasteiger partial charge in [0.05, 0.1) is 22.0 Å². The van der Waals surface area contributed by atoms with Crippen molar-refractivity contribution in [2.45, 2.75) is 29.8 Å². The Labute approximate surface area is 216 Å². The van der Waals surface area contributed by atoms with Crippen LogP contribution >= 0.6 is 34.4 Å². The van der Waals surface area contributed by atoms with Crippen molar-refractivity contribution in [3.63, 3.8) is 0 Å². The number of anilines is 1. The quantitative estimate of drug-likeness (QED) is 0.363. The Bertz CT molecular complexity index is 1700. The van der Waals surface area contributed by atoms with Gasteiger partial charge in [-0.2, -0.15) is 4.57 Å². The lowest BCUT2D eigenvalue weighted by Gasteiger charge is -2.13. The molecule has 6 nitrogen and oxygen atoms in total. The van der Waals surface area contributed by atoms with E-state index in [1.807, 2.05) is 43.1 Å². The van der Waals surface area contributed by atoms with E-state index >= 15 is 0 Å².